The number of rotatable bonds is 6. The van der Waals surface area contributed by atoms with E-state index in [0.717, 1.165) is 23.7 Å². The van der Waals surface area contributed by atoms with Gasteiger partial charge in [-0.05, 0) is 19.4 Å². The highest BCUT2D eigenvalue weighted by molar-refractivity contribution is 7.09. The average molecular weight is 320 g/mol. The van der Waals surface area contributed by atoms with Crippen molar-refractivity contribution in [3.63, 3.8) is 0 Å². The highest BCUT2D eigenvalue weighted by Gasteiger charge is 2.04. The lowest BCUT2D eigenvalue weighted by Gasteiger charge is -2.10. The lowest BCUT2D eigenvalue weighted by atomic mass is 10.2. The molecule has 0 aliphatic rings. The fraction of sp³-hybridized carbons (Fsp3) is 0.375. The van der Waals surface area contributed by atoms with Gasteiger partial charge in [0.25, 0.3) is 0 Å². The zero-order valence-electron chi connectivity index (χ0n) is 12.9. The van der Waals surface area contributed by atoms with Crippen LogP contribution in [0.1, 0.15) is 30.1 Å². The lowest BCUT2D eigenvalue weighted by molar-refractivity contribution is 0.610. The second-order valence-corrected chi connectivity index (χ2v) is 5.67. The zero-order chi connectivity index (χ0) is 15.8. The van der Waals surface area contributed by atoms with Crippen molar-refractivity contribution in [2.45, 2.75) is 33.4 Å². The molecular formula is C16H21FN4S. The van der Waals surface area contributed by atoms with Gasteiger partial charge in [0.2, 0.25) is 0 Å². The second-order valence-electron chi connectivity index (χ2n) is 4.73. The maximum atomic E-state index is 13.6. The van der Waals surface area contributed by atoms with Crippen LogP contribution in [0.2, 0.25) is 0 Å². The standard InChI is InChI=1S/C16H21FN4S/c1-3-15-21-13(11-22-15)10-20-16(18-4-2)19-9-12-7-5-6-8-14(12)17/h5-8,11H,3-4,9-10H2,1-2H3,(H2,18,19,20). The Balaban J connectivity index is 1.96. The molecule has 22 heavy (non-hydrogen) atoms. The number of guanidine groups is 1. The van der Waals surface area contributed by atoms with Crippen LogP contribution < -0.4 is 10.6 Å². The van der Waals surface area contributed by atoms with Crippen molar-refractivity contribution in [1.29, 1.82) is 0 Å². The van der Waals surface area contributed by atoms with Gasteiger partial charge in [-0.1, -0.05) is 25.1 Å². The van der Waals surface area contributed by atoms with E-state index in [-0.39, 0.29) is 5.82 Å². The van der Waals surface area contributed by atoms with Gasteiger partial charge in [0.15, 0.2) is 5.96 Å². The molecule has 0 bridgehead atoms. The normalized spacial score (nSPS) is 11.5. The van der Waals surface area contributed by atoms with Gasteiger partial charge in [0.1, 0.15) is 5.82 Å². The molecule has 0 fully saturated rings. The molecule has 0 saturated heterocycles. The first kappa shape index (κ1) is 16.4. The SMILES string of the molecule is CCNC(=NCc1ccccc1F)NCc1csc(CC)n1. The Hall–Kier alpha value is -1.95. The van der Waals surface area contributed by atoms with Crippen LogP contribution in [0.15, 0.2) is 34.6 Å². The summed E-state index contributed by atoms with van der Waals surface area (Å²) in [4.78, 5) is 8.92. The first-order chi connectivity index (χ1) is 10.7. The van der Waals surface area contributed by atoms with Gasteiger partial charge >= 0.3 is 0 Å². The molecule has 2 N–H and O–H groups in total. The molecule has 0 aliphatic heterocycles. The molecule has 0 spiro atoms. The van der Waals surface area contributed by atoms with E-state index in [1.54, 1.807) is 23.5 Å². The number of hydrogen-bond acceptors (Lipinski definition) is 3. The smallest absolute Gasteiger partial charge is 0.191 e. The molecular weight excluding hydrogens is 299 g/mol. The summed E-state index contributed by atoms with van der Waals surface area (Å²) in [5.74, 6) is 0.436. The highest BCUT2D eigenvalue weighted by Crippen LogP contribution is 2.10. The Kier molecular flexibility index (Phi) is 6.33. The van der Waals surface area contributed by atoms with Crippen LogP contribution >= 0.6 is 11.3 Å². The number of benzene rings is 1. The summed E-state index contributed by atoms with van der Waals surface area (Å²) in [7, 11) is 0. The molecule has 0 aliphatic carbocycles. The van der Waals surface area contributed by atoms with E-state index in [2.05, 4.69) is 27.5 Å². The van der Waals surface area contributed by atoms with Crippen molar-refractivity contribution in [2.75, 3.05) is 6.54 Å². The van der Waals surface area contributed by atoms with Gasteiger partial charge < -0.3 is 10.6 Å². The summed E-state index contributed by atoms with van der Waals surface area (Å²) in [5, 5.41) is 9.56. The summed E-state index contributed by atoms with van der Waals surface area (Å²) in [6, 6.07) is 6.69. The Labute approximate surface area is 134 Å². The molecule has 0 radical (unpaired) electrons. The minimum absolute atomic E-state index is 0.228. The third kappa shape index (κ3) is 4.80. The van der Waals surface area contributed by atoms with Crippen molar-refractivity contribution in [3.05, 3.63) is 51.7 Å². The molecule has 2 aromatic rings. The quantitative estimate of drug-likeness (QED) is 0.635. The fourth-order valence-electron chi connectivity index (χ4n) is 1.90. The lowest BCUT2D eigenvalue weighted by Crippen LogP contribution is -2.36. The summed E-state index contributed by atoms with van der Waals surface area (Å²) >= 11 is 1.67. The Morgan fingerprint density at radius 1 is 1.27 bits per heavy atom. The molecule has 118 valence electrons. The molecule has 2 rings (SSSR count). The zero-order valence-corrected chi connectivity index (χ0v) is 13.7. The average Bonchev–Trinajstić information content (AvgIpc) is 2.99. The number of nitrogens with one attached hydrogen (secondary N) is 2. The molecule has 1 aromatic carbocycles. The van der Waals surface area contributed by atoms with Crippen molar-refractivity contribution in [1.82, 2.24) is 15.6 Å². The maximum absolute atomic E-state index is 13.6. The Morgan fingerprint density at radius 2 is 2.09 bits per heavy atom. The molecule has 0 amide bonds. The first-order valence-electron chi connectivity index (χ1n) is 7.41. The summed E-state index contributed by atoms with van der Waals surface area (Å²) in [6.07, 6.45) is 0.951. The minimum Gasteiger partial charge on any atom is -0.357 e. The van der Waals surface area contributed by atoms with Crippen LogP contribution in [-0.4, -0.2) is 17.5 Å². The van der Waals surface area contributed by atoms with E-state index in [4.69, 9.17) is 0 Å². The molecule has 0 saturated carbocycles. The van der Waals surface area contributed by atoms with Crippen LogP contribution in [0.25, 0.3) is 0 Å². The van der Waals surface area contributed by atoms with Gasteiger partial charge in [-0.25, -0.2) is 14.4 Å². The summed E-state index contributed by atoms with van der Waals surface area (Å²) < 4.78 is 13.6. The van der Waals surface area contributed by atoms with E-state index in [9.17, 15) is 4.39 Å². The first-order valence-corrected chi connectivity index (χ1v) is 8.29. The molecule has 6 heteroatoms. The van der Waals surface area contributed by atoms with E-state index in [1.807, 2.05) is 18.4 Å². The van der Waals surface area contributed by atoms with Crippen LogP contribution in [-0.2, 0) is 19.5 Å². The highest BCUT2D eigenvalue weighted by atomic mass is 32.1. The number of nitrogens with zero attached hydrogens (tertiary/aromatic N) is 2. The van der Waals surface area contributed by atoms with Crippen LogP contribution in [0.5, 0.6) is 0 Å². The van der Waals surface area contributed by atoms with Crippen molar-refractivity contribution in [2.24, 2.45) is 4.99 Å². The molecule has 0 unspecified atom stereocenters. The second kappa shape index (κ2) is 8.48. The molecule has 4 nitrogen and oxygen atoms in total. The van der Waals surface area contributed by atoms with E-state index < -0.39 is 0 Å². The molecule has 1 heterocycles. The summed E-state index contributed by atoms with van der Waals surface area (Å²) in [5.41, 5.74) is 1.58. The van der Waals surface area contributed by atoms with E-state index in [1.165, 1.54) is 6.07 Å². The predicted molar refractivity (Wildman–Crippen MR) is 89.5 cm³/mol. The van der Waals surface area contributed by atoms with Gasteiger partial charge in [-0.3, -0.25) is 0 Å². The van der Waals surface area contributed by atoms with Crippen LogP contribution in [0, 0.1) is 5.82 Å². The number of aryl methyl sites for hydroxylation is 1. The number of aliphatic imine (C=N–C) groups is 1. The predicted octanol–water partition coefficient (Wildman–Crippen LogP) is 3.10. The third-order valence-corrected chi connectivity index (χ3v) is 4.09. The Bertz CT molecular complexity index is 624. The molecule has 0 atom stereocenters. The van der Waals surface area contributed by atoms with Crippen molar-refractivity contribution < 1.29 is 4.39 Å². The largest absolute Gasteiger partial charge is 0.357 e. The van der Waals surface area contributed by atoms with Gasteiger partial charge in [0.05, 0.1) is 23.8 Å². The van der Waals surface area contributed by atoms with Crippen molar-refractivity contribution >= 4 is 17.3 Å². The number of aromatic nitrogens is 1. The summed E-state index contributed by atoms with van der Waals surface area (Å²) in [6.45, 7) is 5.76. The fourth-order valence-corrected chi connectivity index (χ4v) is 2.64. The number of thiazole rings is 1. The maximum Gasteiger partial charge on any atom is 0.191 e. The molecule has 1 aromatic heterocycles. The number of hydrogen-bond donors (Lipinski definition) is 2. The monoisotopic (exact) mass is 320 g/mol. The Morgan fingerprint density at radius 3 is 2.77 bits per heavy atom. The van der Waals surface area contributed by atoms with E-state index >= 15 is 0 Å². The third-order valence-electron chi connectivity index (χ3n) is 3.05. The topological polar surface area (TPSA) is 49.3 Å². The van der Waals surface area contributed by atoms with E-state index in [0.29, 0.717) is 24.6 Å². The van der Waals surface area contributed by atoms with Crippen molar-refractivity contribution in [3.8, 4) is 0 Å². The minimum atomic E-state index is -0.228. The van der Waals surface area contributed by atoms with Gasteiger partial charge in [0, 0.05) is 17.5 Å². The van der Waals surface area contributed by atoms with Gasteiger partial charge in [-0.15, -0.1) is 11.3 Å². The number of halogens is 1. The van der Waals surface area contributed by atoms with Crippen LogP contribution in [0.3, 0.4) is 0 Å². The van der Waals surface area contributed by atoms with Gasteiger partial charge in [-0.2, -0.15) is 0 Å². The van der Waals surface area contributed by atoms with Crippen LogP contribution in [0.4, 0.5) is 4.39 Å².